The molecule has 0 aliphatic carbocycles. The van der Waals surface area contributed by atoms with Crippen LogP contribution in [-0.4, -0.2) is 4.98 Å². The number of nitrogens with zero attached hydrogens (tertiary/aromatic N) is 1. The number of hydrogen-bond donors (Lipinski definition) is 1. The zero-order valence-electron chi connectivity index (χ0n) is 10.9. The largest absolute Gasteiger partial charge is 0.454 e. The second kappa shape index (κ2) is 5.13. The van der Waals surface area contributed by atoms with E-state index in [0.717, 1.165) is 38.1 Å². The normalized spacial score (nSPS) is 10.7. The van der Waals surface area contributed by atoms with Crippen molar-refractivity contribution in [1.82, 2.24) is 4.98 Å². The van der Waals surface area contributed by atoms with Gasteiger partial charge in [0.15, 0.2) is 5.75 Å². The van der Waals surface area contributed by atoms with Crippen molar-refractivity contribution >= 4 is 32.5 Å². The summed E-state index contributed by atoms with van der Waals surface area (Å²) in [5.41, 5.74) is 8.44. The molecule has 0 radical (unpaired) electrons. The Hall–Kier alpha value is -2.07. The Morgan fingerprint density at radius 1 is 1.10 bits per heavy atom. The van der Waals surface area contributed by atoms with Gasteiger partial charge in [0.1, 0.15) is 11.3 Å². The second-order valence-corrected chi connectivity index (χ2v) is 5.43. The van der Waals surface area contributed by atoms with Crippen molar-refractivity contribution in [2.45, 2.75) is 6.92 Å². The van der Waals surface area contributed by atoms with Crippen LogP contribution in [0.5, 0.6) is 11.5 Å². The molecule has 0 saturated carbocycles. The number of aromatic nitrogens is 1. The van der Waals surface area contributed by atoms with Crippen molar-refractivity contribution in [2.75, 3.05) is 5.73 Å². The predicted octanol–water partition coefficient (Wildman–Crippen LogP) is 4.68. The van der Waals surface area contributed by atoms with E-state index in [2.05, 4.69) is 20.9 Å². The summed E-state index contributed by atoms with van der Waals surface area (Å²) < 4.78 is 6.82. The molecule has 3 aromatic rings. The van der Waals surface area contributed by atoms with Crippen molar-refractivity contribution < 1.29 is 4.74 Å². The Morgan fingerprint density at radius 3 is 2.75 bits per heavy atom. The van der Waals surface area contributed by atoms with Gasteiger partial charge in [0.25, 0.3) is 0 Å². The van der Waals surface area contributed by atoms with Crippen molar-refractivity contribution in [2.24, 2.45) is 0 Å². The number of nitrogen functional groups attached to an aromatic ring is 1. The van der Waals surface area contributed by atoms with E-state index in [-0.39, 0.29) is 0 Å². The maximum absolute atomic E-state index is 5.99. The van der Waals surface area contributed by atoms with Gasteiger partial charge in [-0.15, -0.1) is 0 Å². The SMILES string of the molecule is Cc1cc(Oc2cccc3cccnc23)c(Br)cc1N. The minimum atomic E-state index is 0.730. The first kappa shape index (κ1) is 12.9. The van der Waals surface area contributed by atoms with Gasteiger partial charge < -0.3 is 10.5 Å². The lowest BCUT2D eigenvalue weighted by Gasteiger charge is -2.11. The minimum Gasteiger partial charge on any atom is -0.454 e. The molecule has 0 aliphatic heterocycles. The van der Waals surface area contributed by atoms with E-state index >= 15 is 0 Å². The van der Waals surface area contributed by atoms with Crippen LogP contribution in [0.3, 0.4) is 0 Å². The third-order valence-electron chi connectivity index (χ3n) is 3.14. The summed E-state index contributed by atoms with van der Waals surface area (Å²) in [5, 5.41) is 1.05. The first-order valence-electron chi connectivity index (χ1n) is 6.22. The smallest absolute Gasteiger partial charge is 0.153 e. The Kier molecular flexibility index (Phi) is 3.32. The highest BCUT2D eigenvalue weighted by Crippen LogP contribution is 2.35. The van der Waals surface area contributed by atoms with Crippen LogP contribution in [0.2, 0.25) is 0 Å². The number of halogens is 1. The molecule has 2 N–H and O–H groups in total. The highest BCUT2D eigenvalue weighted by Gasteiger charge is 2.09. The number of hydrogen-bond acceptors (Lipinski definition) is 3. The molecule has 0 aliphatic rings. The van der Waals surface area contributed by atoms with Crippen molar-refractivity contribution in [3.63, 3.8) is 0 Å². The van der Waals surface area contributed by atoms with Crippen molar-refractivity contribution in [3.8, 4) is 11.5 Å². The third kappa shape index (κ3) is 2.34. The first-order chi connectivity index (χ1) is 9.65. The molecule has 0 unspecified atom stereocenters. The number of nitrogens with two attached hydrogens (primary N) is 1. The van der Waals surface area contributed by atoms with Gasteiger partial charge in [-0.05, 0) is 52.7 Å². The summed E-state index contributed by atoms with van der Waals surface area (Å²) >= 11 is 3.48. The van der Waals surface area contributed by atoms with Crippen molar-refractivity contribution in [1.29, 1.82) is 0 Å². The summed E-state index contributed by atoms with van der Waals surface area (Å²) in [4.78, 5) is 4.38. The number of para-hydroxylation sites is 1. The number of anilines is 1. The van der Waals surface area contributed by atoms with E-state index in [0.29, 0.717) is 0 Å². The molecule has 0 fully saturated rings. The molecular formula is C16H13BrN2O. The van der Waals surface area contributed by atoms with Crippen LogP contribution in [0.1, 0.15) is 5.56 Å². The van der Waals surface area contributed by atoms with Crippen LogP contribution in [0, 0.1) is 6.92 Å². The Labute approximate surface area is 125 Å². The fraction of sp³-hybridized carbons (Fsp3) is 0.0625. The molecular weight excluding hydrogens is 316 g/mol. The number of ether oxygens (including phenoxy) is 1. The molecule has 0 atom stereocenters. The van der Waals surface area contributed by atoms with E-state index in [1.165, 1.54) is 0 Å². The van der Waals surface area contributed by atoms with Crippen LogP contribution in [0.4, 0.5) is 5.69 Å². The van der Waals surface area contributed by atoms with E-state index < -0.39 is 0 Å². The van der Waals surface area contributed by atoms with Gasteiger partial charge in [-0.1, -0.05) is 18.2 Å². The Balaban J connectivity index is 2.08. The molecule has 20 heavy (non-hydrogen) atoms. The van der Waals surface area contributed by atoms with Crippen LogP contribution in [0.25, 0.3) is 10.9 Å². The van der Waals surface area contributed by atoms with Gasteiger partial charge >= 0.3 is 0 Å². The molecule has 3 rings (SSSR count). The summed E-state index contributed by atoms with van der Waals surface area (Å²) in [6.45, 7) is 1.95. The number of benzene rings is 2. The van der Waals surface area contributed by atoms with Gasteiger partial charge in [-0.3, -0.25) is 4.98 Å². The molecule has 0 saturated heterocycles. The third-order valence-corrected chi connectivity index (χ3v) is 3.76. The van der Waals surface area contributed by atoms with Crippen molar-refractivity contribution in [3.05, 3.63) is 58.7 Å². The highest BCUT2D eigenvalue weighted by molar-refractivity contribution is 9.10. The molecule has 0 spiro atoms. The highest BCUT2D eigenvalue weighted by atomic mass is 79.9. The summed E-state index contributed by atoms with van der Waals surface area (Å²) in [6, 6.07) is 13.6. The van der Waals surface area contributed by atoms with Crippen LogP contribution in [-0.2, 0) is 0 Å². The molecule has 0 bridgehead atoms. The molecule has 0 amide bonds. The average molecular weight is 329 g/mol. The lowest BCUT2D eigenvalue weighted by Crippen LogP contribution is -1.93. The zero-order chi connectivity index (χ0) is 14.1. The monoisotopic (exact) mass is 328 g/mol. The molecule has 1 heterocycles. The van der Waals surface area contributed by atoms with Crippen LogP contribution in [0.15, 0.2) is 53.1 Å². The fourth-order valence-corrected chi connectivity index (χ4v) is 2.47. The van der Waals surface area contributed by atoms with Gasteiger partial charge in [0, 0.05) is 17.3 Å². The number of aryl methyl sites for hydroxylation is 1. The number of rotatable bonds is 2. The predicted molar refractivity (Wildman–Crippen MR) is 85.1 cm³/mol. The molecule has 1 aromatic heterocycles. The first-order valence-corrected chi connectivity index (χ1v) is 7.01. The Bertz CT molecular complexity index is 781. The van der Waals surface area contributed by atoms with Gasteiger partial charge in [-0.25, -0.2) is 0 Å². The average Bonchev–Trinajstić information content (AvgIpc) is 2.45. The van der Waals surface area contributed by atoms with E-state index in [1.54, 1.807) is 6.20 Å². The molecule has 3 nitrogen and oxygen atoms in total. The summed E-state index contributed by atoms with van der Waals surface area (Å²) in [6.07, 6.45) is 1.76. The fourth-order valence-electron chi connectivity index (χ4n) is 2.03. The maximum Gasteiger partial charge on any atom is 0.153 e. The molecule has 2 aromatic carbocycles. The second-order valence-electron chi connectivity index (χ2n) is 4.57. The Morgan fingerprint density at radius 2 is 1.90 bits per heavy atom. The molecule has 100 valence electrons. The van der Waals surface area contributed by atoms with Gasteiger partial charge in [0.2, 0.25) is 0 Å². The number of fused-ring (bicyclic) bond motifs is 1. The zero-order valence-corrected chi connectivity index (χ0v) is 12.5. The summed E-state index contributed by atoms with van der Waals surface area (Å²) in [7, 11) is 0. The quantitative estimate of drug-likeness (QED) is 0.695. The molecule has 4 heteroatoms. The lowest BCUT2D eigenvalue weighted by molar-refractivity contribution is 0.484. The minimum absolute atomic E-state index is 0.730. The van der Waals surface area contributed by atoms with Gasteiger partial charge in [-0.2, -0.15) is 0 Å². The topological polar surface area (TPSA) is 48.1 Å². The standard InChI is InChI=1S/C16H13BrN2O/c1-10-8-15(12(17)9-13(10)18)20-14-6-2-4-11-5-3-7-19-16(11)14/h2-9H,18H2,1H3. The van der Waals surface area contributed by atoms with E-state index in [9.17, 15) is 0 Å². The maximum atomic E-state index is 5.99. The number of pyridine rings is 1. The lowest BCUT2D eigenvalue weighted by atomic mass is 10.2. The van der Waals surface area contributed by atoms with E-state index in [1.807, 2.05) is 49.4 Å². The van der Waals surface area contributed by atoms with E-state index in [4.69, 9.17) is 10.5 Å². The van der Waals surface area contributed by atoms with Crippen LogP contribution < -0.4 is 10.5 Å². The van der Waals surface area contributed by atoms with Gasteiger partial charge in [0.05, 0.1) is 4.47 Å². The van der Waals surface area contributed by atoms with Crippen LogP contribution >= 0.6 is 15.9 Å². The summed E-state index contributed by atoms with van der Waals surface area (Å²) in [5.74, 6) is 1.46.